The van der Waals surface area contributed by atoms with E-state index in [1.54, 1.807) is 0 Å². The van der Waals surface area contributed by atoms with E-state index >= 15 is 0 Å². The molecular formula is C16H26BClN6O3. The molecule has 1 aromatic carbocycles. The summed E-state index contributed by atoms with van der Waals surface area (Å²) in [4.78, 5) is 12.1. The predicted octanol–water partition coefficient (Wildman–Crippen LogP) is 0.0967. The van der Waals surface area contributed by atoms with Gasteiger partial charge < -0.3 is 21.1 Å². The van der Waals surface area contributed by atoms with Gasteiger partial charge in [0.05, 0.1) is 6.04 Å². The second kappa shape index (κ2) is 12.4. The average Bonchev–Trinajstić information content (AvgIpc) is 3.07. The van der Waals surface area contributed by atoms with Crippen molar-refractivity contribution in [1.82, 2.24) is 25.5 Å². The minimum Gasteiger partial charge on any atom is -0.427 e. The maximum atomic E-state index is 12.1. The van der Waals surface area contributed by atoms with E-state index < -0.39 is 13.2 Å². The maximum Gasteiger partial charge on any atom is 0.451 e. The maximum absolute atomic E-state index is 12.1. The first-order valence-corrected chi connectivity index (χ1v) is 8.74. The summed E-state index contributed by atoms with van der Waals surface area (Å²) in [5, 5.41) is 31.9. The van der Waals surface area contributed by atoms with Gasteiger partial charge in [0.2, 0.25) is 5.91 Å². The molecule has 0 aliphatic rings. The van der Waals surface area contributed by atoms with E-state index in [0.717, 1.165) is 18.4 Å². The topological polar surface area (TPSA) is 139 Å². The van der Waals surface area contributed by atoms with Crippen molar-refractivity contribution >= 4 is 25.4 Å². The van der Waals surface area contributed by atoms with Crippen molar-refractivity contribution in [3.05, 3.63) is 41.7 Å². The molecule has 0 radical (unpaired) electrons. The lowest BCUT2D eigenvalue weighted by Crippen LogP contribution is -2.31. The second-order valence-electron chi connectivity index (χ2n) is 6.15. The van der Waals surface area contributed by atoms with Crippen molar-refractivity contribution in [2.75, 3.05) is 6.54 Å². The van der Waals surface area contributed by atoms with E-state index in [-0.39, 0.29) is 24.9 Å². The molecule has 0 unspecified atom stereocenters. The first kappa shape index (κ1) is 23.0. The van der Waals surface area contributed by atoms with Crippen LogP contribution in [0.2, 0.25) is 6.32 Å². The molecule has 1 amide bonds. The number of rotatable bonds is 11. The standard InChI is InChI=1S/C16H25BN6O3.ClH/c18-14(8-4-5-10-17(25)26)16-20-21-22-23(16)12-15(24)19-11-9-13-6-2-1-3-7-13;/h1-3,6-7,14,25-26H,4-5,8-12,18H2,(H,19,24);1H/t14-;/m1./s1. The molecule has 0 saturated carbocycles. The smallest absolute Gasteiger partial charge is 0.427 e. The molecule has 148 valence electrons. The third-order valence-electron chi connectivity index (χ3n) is 3.99. The van der Waals surface area contributed by atoms with E-state index in [1.807, 2.05) is 30.3 Å². The summed E-state index contributed by atoms with van der Waals surface area (Å²) in [6.07, 6.45) is 3.03. The van der Waals surface area contributed by atoms with Crippen LogP contribution in [-0.2, 0) is 17.8 Å². The van der Waals surface area contributed by atoms with Crippen LogP contribution < -0.4 is 11.1 Å². The Bertz CT molecular complexity index is 673. The molecule has 0 fully saturated rings. The molecular weight excluding hydrogens is 370 g/mol. The number of aromatic nitrogens is 4. The Morgan fingerprint density at radius 3 is 2.70 bits per heavy atom. The normalized spacial score (nSPS) is 11.5. The number of tetrazole rings is 1. The van der Waals surface area contributed by atoms with Crippen molar-refractivity contribution in [3.8, 4) is 0 Å². The van der Waals surface area contributed by atoms with Crippen LogP contribution in [0.4, 0.5) is 0 Å². The molecule has 1 aromatic heterocycles. The molecule has 1 heterocycles. The van der Waals surface area contributed by atoms with Gasteiger partial charge in [0.15, 0.2) is 5.82 Å². The van der Waals surface area contributed by atoms with E-state index in [0.29, 0.717) is 31.5 Å². The molecule has 1 atom stereocenters. The molecule has 5 N–H and O–H groups in total. The highest BCUT2D eigenvalue weighted by Crippen LogP contribution is 2.14. The van der Waals surface area contributed by atoms with Gasteiger partial charge in [0.1, 0.15) is 6.54 Å². The van der Waals surface area contributed by atoms with Crippen molar-refractivity contribution in [3.63, 3.8) is 0 Å². The fraction of sp³-hybridized carbons (Fsp3) is 0.500. The quantitative estimate of drug-likeness (QED) is 0.312. The van der Waals surface area contributed by atoms with Gasteiger partial charge in [-0.3, -0.25) is 4.79 Å². The zero-order chi connectivity index (χ0) is 18.8. The number of carbonyl (C=O) groups is 1. The Kier molecular flexibility index (Phi) is 10.6. The SMILES string of the molecule is Cl.N[C@H](CCCCB(O)O)c1nnnn1CC(=O)NCCc1ccccc1. The van der Waals surface area contributed by atoms with Gasteiger partial charge in [-0.1, -0.05) is 43.2 Å². The van der Waals surface area contributed by atoms with Crippen LogP contribution in [0.15, 0.2) is 30.3 Å². The van der Waals surface area contributed by atoms with E-state index in [9.17, 15) is 4.79 Å². The zero-order valence-corrected chi connectivity index (χ0v) is 15.9. The number of nitrogens with zero attached hydrogens (tertiary/aromatic N) is 4. The van der Waals surface area contributed by atoms with Gasteiger partial charge in [-0.15, -0.1) is 17.5 Å². The summed E-state index contributed by atoms with van der Waals surface area (Å²) in [5.74, 6) is 0.276. The molecule has 2 rings (SSSR count). The van der Waals surface area contributed by atoms with Gasteiger partial charge in [-0.05, 0) is 35.2 Å². The fourth-order valence-corrected chi connectivity index (χ4v) is 2.59. The Hall–Kier alpha value is -2.01. The Morgan fingerprint density at radius 1 is 1.26 bits per heavy atom. The highest BCUT2D eigenvalue weighted by atomic mass is 35.5. The van der Waals surface area contributed by atoms with Crippen LogP contribution in [-0.4, -0.2) is 49.8 Å². The number of unbranched alkanes of at least 4 members (excludes halogenated alkanes) is 1. The number of nitrogens with two attached hydrogens (primary N) is 1. The Labute approximate surface area is 164 Å². The number of nitrogens with one attached hydrogen (secondary N) is 1. The summed E-state index contributed by atoms with van der Waals surface area (Å²) in [6.45, 7) is 0.552. The first-order valence-electron chi connectivity index (χ1n) is 8.74. The second-order valence-corrected chi connectivity index (χ2v) is 6.15. The number of carbonyl (C=O) groups excluding carboxylic acids is 1. The van der Waals surface area contributed by atoms with Crippen LogP contribution in [0, 0.1) is 0 Å². The number of hydrogen-bond acceptors (Lipinski definition) is 7. The van der Waals surface area contributed by atoms with Crippen LogP contribution in [0.3, 0.4) is 0 Å². The molecule has 0 bridgehead atoms. The van der Waals surface area contributed by atoms with Crippen LogP contribution in [0.1, 0.15) is 36.7 Å². The largest absolute Gasteiger partial charge is 0.451 e. The number of halogens is 1. The lowest BCUT2D eigenvalue weighted by Gasteiger charge is -2.11. The monoisotopic (exact) mass is 396 g/mol. The van der Waals surface area contributed by atoms with Crippen molar-refractivity contribution in [2.24, 2.45) is 5.73 Å². The molecule has 27 heavy (non-hydrogen) atoms. The van der Waals surface area contributed by atoms with Gasteiger partial charge in [-0.2, -0.15) is 0 Å². The van der Waals surface area contributed by atoms with Gasteiger partial charge >= 0.3 is 7.12 Å². The van der Waals surface area contributed by atoms with Crippen LogP contribution >= 0.6 is 12.4 Å². The number of benzene rings is 1. The minimum absolute atomic E-state index is 0. The van der Waals surface area contributed by atoms with Crippen LogP contribution in [0.5, 0.6) is 0 Å². The fourth-order valence-electron chi connectivity index (χ4n) is 2.59. The lowest BCUT2D eigenvalue weighted by molar-refractivity contribution is -0.121. The molecule has 0 aliphatic carbocycles. The van der Waals surface area contributed by atoms with Crippen LogP contribution in [0.25, 0.3) is 0 Å². The van der Waals surface area contributed by atoms with E-state index in [1.165, 1.54) is 4.68 Å². The predicted molar refractivity (Wildman–Crippen MR) is 104 cm³/mol. The van der Waals surface area contributed by atoms with Crippen molar-refractivity contribution in [2.45, 2.75) is 44.6 Å². The van der Waals surface area contributed by atoms with Gasteiger partial charge in [0, 0.05) is 6.54 Å². The molecule has 0 spiro atoms. The molecule has 9 nitrogen and oxygen atoms in total. The summed E-state index contributed by atoms with van der Waals surface area (Å²) in [7, 11) is -1.30. The summed E-state index contributed by atoms with van der Waals surface area (Å²) < 4.78 is 1.41. The highest BCUT2D eigenvalue weighted by Gasteiger charge is 2.17. The summed E-state index contributed by atoms with van der Waals surface area (Å²) in [6, 6.07) is 9.51. The summed E-state index contributed by atoms with van der Waals surface area (Å²) in [5.41, 5.74) is 7.25. The highest BCUT2D eigenvalue weighted by molar-refractivity contribution is 6.40. The van der Waals surface area contributed by atoms with Gasteiger partial charge in [0.25, 0.3) is 0 Å². The Morgan fingerprint density at radius 2 is 2.00 bits per heavy atom. The van der Waals surface area contributed by atoms with Crippen molar-refractivity contribution in [1.29, 1.82) is 0 Å². The third kappa shape index (κ3) is 8.48. The zero-order valence-electron chi connectivity index (χ0n) is 15.1. The van der Waals surface area contributed by atoms with Gasteiger partial charge in [-0.25, -0.2) is 4.68 Å². The van der Waals surface area contributed by atoms with Crippen molar-refractivity contribution < 1.29 is 14.8 Å². The molecule has 0 aliphatic heterocycles. The molecule has 2 aromatic rings. The molecule has 11 heteroatoms. The number of amides is 1. The minimum atomic E-state index is -1.30. The average molecular weight is 397 g/mol. The first-order chi connectivity index (χ1) is 12.6. The summed E-state index contributed by atoms with van der Waals surface area (Å²) >= 11 is 0. The van der Waals surface area contributed by atoms with E-state index in [2.05, 4.69) is 20.8 Å². The Balaban J connectivity index is 0.00000364. The van der Waals surface area contributed by atoms with E-state index in [4.69, 9.17) is 15.8 Å². The third-order valence-corrected chi connectivity index (χ3v) is 3.99. The number of hydrogen-bond donors (Lipinski definition) is 4. The lowest BCUT2D eigenvalue weighted by atomic mass is 9.83. The molecule has 0 saturated heterocycles.